The Morgan fingerprint density at radius 3 is 2.12 bits per heavy atom. The fourth-order valence-electron chi connectivity index (χ4n) is 6.61. The topological polar surface area (TPSA) is 244 Å². The van der Waals surface area contributed by atoms with Gasteiger partial charge in [-0.3, -0.25) is 33.5 Å². The number of ketones is 1. The molecule has 1 aliphatic heterocycles. The number of nitrogens with zero attached hydrogens (tertiary/aromatic N) is 1. The number of alkyl carbamates (subject to hydrolysis) is 1. The monoisotopic (exact) mass is 827 g/mol. The van der Waals surface area contributed by atoms with E-state index in [1.54, 1.807) is 85.8 Å². The average molecular weight is 828 g/mol. The van der Waals surface area contributed by atoms with Crippen LogP contribution >= 0.6 is 0 Å². The molecule has 2 heterocycles. The Bertz CT molecular complexity index is 2200. The molecule has 6 N–H and O–H groups in total. The molecule has 7 atom stereocenters. The first-order valence-corrected chi connectivity index (χ1v) is 19.6. The molecule has 1 fully saturated rings. The van der Waals surface area contributed by atoms with Crippen LogP contribution in [0.5, 0.6) is 0 Å². The Morgan fingerprint density at radius 2 is 1.47 bits per heavy atom. The molecule has 0 radical (unpaired) electrons. The van der Waals surface area contributed by atoms with Crippen molar-refractivity contribution in [1.29, 1.82) is 0 Å². The number of aliphatic hydroxyl groups excluding tert-OH is 2. The fraction of sp³-hybridized carbons (Fsp3) is 0.372. The molecule has 3 aromatic carbocycles. The van der Waals surface area contributed by atoms with Crippen LogP contribution in [0.25, 0.3) is 0 Å². The molecule has 0 spiro atoms. The SMILES string of the molecule is CCC(=O)NC(CCOC(=O)CCC(=O)NCC1OC(n2ccc(=O)[nH]c2=O)C(O)C1O)C(OC(=O)NC(CC)c1ccc(C(=O)c2ccccc2)cc1)c1ccccc1. The molecule has 1 aromatic heterocycles. The number of aliphatic hydroxyl groups is 2. The lowest BCUT2D eigenvalue weighted by atomic mass is 9.98. The molecule has 318 valence electrons. The van der Waals surface area contributed by atoms with Crippen molar-refractivity contribution in [2.24, 2.45) is 0 Å². The van der Waals surface area contributed by atoms with Crippen LogP contribution in [-0.4, -0.2) is 86.9 Å². The summed E-state index contributed by atoms with van der Waals surface area (Å²) in [4.78, 5) is 89.9. The summed E-state index contributed by atoms with van der Waals surface area (Å²) in [7, 11) is 0. The molecular weight excluding hydrogens is 778 g/mol. The van der Waals surface area contributed by atoms with Crippen LogP contribution in [0.1, 0.15) is 91.4 Å². The van der Waals surface area contributed by atoms with E-state index in [-0.39, 0.29) is 50.5 Å². The van der Waals surface area contributed by atoms with Gasteiger partial charge < -0.3 is 40.4 Å². The second-order valence-corrected chi connectivity index (χ2v) is 14.1. The van der Waals surface area contributed by atoms with Crippen molar-refractivity contribution < 1.29 is 48.4 Å². The van der Waals surface area contributed by atoms with Gasteiger partial charge >= 0.3 is 17.8 Å². The number of H-pyrrole nitrogens is 1. The van der Waals surface area contributed by atoms with Gasteiger partial charge in [-0.2, -0.15) is 0 Å². The second kappa shape index (κ2) is 21.5. The number of ether oxygens (including phenoxy) is 3. The zero-order valence-corrected chi connectivity index (χ0v) is 33.2. The number of nitrogens with one attached hydrogen (secondary N) is 4. The van der Waals surface area contributed by atoms with Gasteiger partial charge in [0.25, 0.3) is 5.56 Å². The van der Waals surface area contributed by atoms with Crippen LogP contribution < -0.4 is 27.2 Å². The number of carbonyl (C=O) groups excluding carboxylic acids is 5. The minimum atomic E-state index is -1.53. The van der Waals surface area contributed by atoms with Crippen molar-refractivity contribution >= 4 is 29.7 Å². The minimum absolute atomic E-state index is 0.0451. The van der Waals surface area contributed by atoms with E-state index in [1.807, 2.05) is 18.0 Å². The molecule has 7 unspecified atom stereocenters. The molecule has 1 aliphatic rings. The van der Waals surface area contributed by atoms with Gasteiger partial charge in [0.05, 0.1) is 25.1 Å². The van der Waals surface area contributed by atoms with E-state index < -0.39 is 71.9 Å². The van der Waals surface area contributed by atoms with Crippen LogP contribution in [0.4, 0.5) is 4.79 Å². The van der Waals surface area contributed by atoms with E-state index in [4.69, 9.17) is 14.2 Å². The maximum absolute atomic E-state index is 13.5. The molecule has 0 saturated carbocycles. The first-order valence-electron chi connectivity index (χ1n) is 19.6. The summed E-state index contributed by atoms with van der Waals surface area (Å²) < 4.78 is 17.9. The predicted molar refractivity (Wildman–Crippen MR) is 215 cm³/mol. The summed E-state index contributed by atoms with van der Waals surface area (Å²) in [6.45, 7) is 3.11. The molecule has 0 bridgehead atoms. The van der Waals surface area contributed by atoms with Crippen LogP contribution in [0.3, 0.4) is 0 Å². The Labute approximate surface area is 345 Å². The van der Waals surface area contributed by atoms with Gasteiger partial charge in [0, 0.05) is 49.2 Å². The summed E-state index contributed by atoms with van der Waals surface area (Å²) in [6, 6.07) is 24.4. The van der Waals surface area contributed by atoms with Gasteiger partial charge in [0.2, 0.25) is 11.8 Å². The first kappa shape index (κ1) is 44.7. The predicted octanol–water partition coefficient (Wildman–Crippen LogP) is 2.73. The van der Waals surface area contributed by atoms with E-state index in [9.17, 15) is 43.8 Å². The third-order valence-corrected chi connectivity index (χ3v) is 9.92. The Kier molecular flexibility index (Phi) is 16.0. The van der Waals surface area contributed by atoms with Gasteiger partial charge in [-0.15, -0.1) is 0 Å². The Hall–Kier alpha value is -6.43. The maximum atomic E-state index is 13.5. The smallest absolute Gasteiger partial charge is 0.408 e. The van der Waals surface area contributed by atoms with E-state index in [0.717, 1.165) is 22.4 Å². The van der Waals surface area contributed by atoms with E-state index in [0.29, 0.717) is 23.1 Å². The largest absolute Gasteiger partial charge is 0.466 e. The third-order valence-electron chi connectivity index (χ3n) is 9.92. The van der Waals surface area contributed by atoms with E-state index >= 15 is 0 Å². The lowest BCUT2D eigenvalue weighted by Crippen LogP contribution is -2.43. The van der Waals surface area contributed by atoms with Crippen molar-refractivity contribution in [2.75, 3.05) is 13.2 Å². The Balaban J connectivity index is 1.14. The zero-order valence-electron chi connectivity index (χ0n) is 33.2. The summed E-state index contributed by atoms with van der Waals surface area (Å²) in [5, 5.41) is 29.1. The first-order chi connectivity index (χ1) is 28.9. The number of amides is 3. The molecule has 0 aliphatic carbocycles. The summed E-state index contributed by atoms with van der Waals surface area (Å²) >= 11 is 0. The van der Waals surface area contributed by atoms with Crippen molar-refractivity contribution in [3.05, 3.63) is 140 Å². The maximum Gasteiger partial charge on any atom is 0.408 e. The number of hydrogen-bond acceptors (Lipinski definition) is 12. The van der Waals surface area contributed by atoms with Crippen LogP contribution in [0, 0.1) is 0 Å². The molecule has 60 heavy (non-hydrogen) atoms. The minimum Gasteiger partial charge on any atom is -0.466 e. The number of esters is 1. The highest BCUT2D eigenvalue weighted by Crippen LogP contribution is 2.28. The van der Waals surface area contributed by atoms with Crippen LogP contribution in [0.2, 0.25) is 0 Å². The van der Waals surface area contributed by atoms with Crippen molar-refractivity contribution in [3.8, 4) is 0 Å². The van der Waals surface area contributed by atoms with Gasteiger partial charge in [-0.05, 0) is 17.5 Å². The molecule has 1 saturated heterocycles. The van der Waals surface area contributed by atoms with Crippen LogP contribution in [-0.2, 0) is 28.6 Å². The number of carbonyl (C=O) groups is 5. The number of hydrogen-bond donors (Lipinski definition) is 6. The van der Waals surface area contributed by atoms with Gasteiger partial charge in [-0.25, -0.2) is 9.59 Å². The summed E-state index contributed by atoms with van der Waals surface area (Å²) in [5.41, 5.74) is 0.890. The quantitative estimate of drug-likeness (QED) is 0.0591. The van der Waals surface area contributed by atoms with Crippen molar-refractivity contribution in [3.63, 3.8) is 0 Å². The standard InChI is InChI=1S/C43H49N5O12/c1-3-30(26-15-17-28(18-16-26)37(53)27-11-7-5-8-12-27)46-43(57)60-40(29-13-9-6-10-14-29)31(45-33(49)4-2)22-24-58-36(52)20-19-34(50)44-25-32-38(54)39(55)41(59-32)48-23-21-35(51)47-42(48)56/h5-18,21,23,30-32,38-41,54-55H,3-4,19-20,22,24-25H2,1-2H3,(H,44,50)(H,45,49)(H,46,57)(H,47,51,56). The number of rotatable bonds is 19. The third kappa shape index (κ3) is 12.1. The zero-order chi connectivity index (χ0) is 43.2. The fourth-order valence-corrected chi connectivity index (χ4v) is 6.61. The van der Waals surface area contributed by atoms with Crippen molar-refractivity contribution in [2.45, 2.75) is 88.7 Å². The molecule has 17 heteroatoms. The Morgan fingerprint density at radius 1 is 0.800 bits per heavy atom. The van der Waals surface area contributed by atoms with Crippen molar-refractivity contribution in [1.82, 2.24) is 25.5 Å². The molecular formula is C43H49N5O12. The highest BCUT2D eigenvalue weighted by atomic mass is 16.6. The highest BCUT2D eigenvalue weighted by molar-refractivity contribution is 6.08. The van der Waals surface area contributed by atoms with Crippen LogP contribution in [0.15, 0.2) is 107 Å². The molecule has 4 aromatic rings. The second-order valence-electron chi connectivity index (χ2n) is 14.1. The normalized spacial score (nSPS) is 18.7. The number of aromatic amines is 1. The average Bonchev–Trinajstić information content (AvgIpc) is 3.54. The van der Waals surface area contributed by atoms with Gasteiger partial charge in [0.1, 0.15) is 24.4 Å². The molecule has 3 amide bonds. The molecule has 5 rings (SSSR count). The van der Waals surface area contributed by atoms with Gasteiger partial charge in [-0.1, -0.05) is 98.8 Å². The lowest BCUT2D eigenvalue weighted by Gasteiger charge is -2.29. The highest BCUT2D eigenvalue weighted by Gasteiger charge is 2.44. The number of benzene rings is 3. The lowest BCUT2D eigenvalue weighted by molar-refractivity contribution is -0.145. The van der Waals surface area contributed by atoms with E-state index in [1.165, 1.54) is 0 Å². The summed E-state index contributed by atoms with van der Waals surface area (Å²) in [5.74, 6) is -1.75. The van der Waals surface area contributed by atoms with E-state index in [2.05, 4.69) is 16.0 Å². The summed E-state index contributed by atoms with van der Waals surface area (Å²) in [6.07, 6.45) is -5.99. The van der Waals surface area contributed by atoms with Gasteiger partial charge in [0.15, 0.2) is 12.0 Å². The molecule has 17 nitrogen and oxygen atoms in total. The number of aromatic nitrogens is 2.